The van der Waals surface area contributed by atoms with Crippen LogP contribution in [-0.4, -0.2) is 48.9 Å². The van der Waals surface area contributed by atoms with Crippen molar-refractivity contribution in [2.24, 2.45) is 0 Å². The molecule has 1 amide bonds. The molecule has 13 heteroatoms. The van der Waals surface area contributed by atoms with Crippen LogP contribution in [0.5, 0.6) is 0 Å². The Morgan fingerprint density at radius 2 is 1.84 bits per heavy atom. The van der Waals surface area contributed by atoms with Crippen molar-refractivity contribution in [3.05, 3.63) is 69.6 Å². The van der Waals surface area contributed by atoms with E-state index in [1.54, 1.807) is 28.4 Å². The molecule has 4 aromatic heterocycles. The number of aliphatic hydroxyl groups is 1. The second kappa shape index (κ2) is 10.0. The SMILES string of the molecule is Cc1nc(C)c(-c2csc(Nc3ccc(C(=O)N4CCC(O)(c5ccc(C(F)(F)F)nc5)CC4)cn3)n2)s1. The van der Waals surface area contributed by atoms with Crippen molar-refractivity contribution in [1.82, 2.24) is 24.8 Å². The number of nitrogens with one attached hydrogen (secondary N) is 1. The van der Waals surface area contributed by atoms with Crippen molar-refractivity contribution in [3.63, 3.8) is 0 Å². The Morgan fingerprint density at radius 1 is 1.08 bits per heavy atom. The van der Waals surface area contributed by atoms with E-state index in [0.717, 1.165) is 33.5 Å². The fourth-order valence-corrected chi connectivity index (χ4v) is 5.96. The van der Waals surface area contributed by atoms with E-state index in [4.69, 9.17) is 0 Å². The van der Waals surface area contributed by atoms with Crippen molar-refractivity contribution in [1.29, 1.82) is 0 Å². The lowest BCUT2D eigenvalue weighted by Gasteiger charge is -2.38. The highest BCUT2D eigenvalue weighted by atomic mass is 32.1. The largest absolute Gasteiger partial charge is 0.433 e. The first-order chi connectivity index (χ1) is 18.0. The number of aromatic nitrogens is 4. The van der Waals surface area contributed by atoms with Crippen molar-refractivity contribution < 1.29 is 23.1 Å². The third kappa shape index (κ3) is 5.40. The highest BCUT2D eigenvalue weighted by Crippen LogP contribution is 2.35. The summed E-state index contributed by atoms with van der Waals surface area (Å²) in [6, 6.07) is 5.47. The van der Waals surface area contributed by atoms with Crippen LogP contribution in [0.1, 0.15) is 45.2 Å². The number of nitrogens with zero attached hydrogens (tertiary/aromatic N) is 5. The highest BCUT2D eigenvalue weighted by molar-refractivity contribution is 7.16. The maximum atomic E-state index is 13.0. The Morgan fingerprint density at radius 3 is 2.42 bits per heavy atom. The number of hydrogen-bond donors (Lipinski definition) is 2. The fourth-order valence-electron chi connectivity index (χ4n) is 4.30. The molecule has 38 heavy (non-hydrogen) atoms. The molecule has 1 fully saturated rings. The van der Waals surface area contributed by atoms with Gasteiger partial charge >= 0.3 is 6.18 Å². The van der Waals surface area contributed by atoms with E-state index >= 15 is 0 Å². The number of anilines is 2. The van der Waals surface area contributed by atoms with Crippen molar-refractivity contribution in [2.45, 2.75) is 38.5 Å². The third-order valence-electron chi connectivity index (χ3n) is 6.35. The second-order valence-electron chi connectivity index (χ2n) is 9.00. The van der Waals surface area contributed by atoms with Crippen LogP contribution in [0, 0.1) is 13.8 Å². The van der Waals surface area contributed by atoms with Gasteiger partial charge in [0.2, 0.25) is 0 Å². The van der Waals surface area contributed by atoms with Gasteiger partial charge in [-0.2, -0.15) is 13.2 Å². The Bertz CT molecular complexity index is 1440. The Hall–Kier alpha value is -3.42. The van der Waals surface area contributed by atoms with Gasteiger partial charge in [-0.25, -0.2) is 15.0 Å². The van der Waals surface area contributed by atoms with E-state index in [1.807, 2.05) is 19.2 Å². The Balaban J connectivity index is 1.19. The topological polar surface area (TPSA) is 104 Å². The lowest BCUT2D eigenvalue weighted by molar-refractivity contribution is -0.141. The predicted octanol–water partition coefficient (Wildman–Crippen LogP) is 5.56. The van der Waals surface area contributed by atoms with Gasteiger partial charge < -0.3 is 15.3 Å². The molecule has 0 spiro atoms. The van der Waals surface area contributed by atoms with Crippen LogP contribution in [0.4, 0.5) is 24.1 Å². The number of alkyl halides is 3. The van der Waals surface area contributed by atoms with Gasteiger partial charge in [-0.15, -0.1) is 22.7 Å². The van der Waals surface area contributed by atoms with Gasteiger partial charge in [0.05, 0.1) is 32.4 Å². The van der Waals surface area contributed by atoms with Gasteiger partial charge in [0.1, 0.15) is 11.5 Å². The summed E-state index contributed by atoms with van der Waals surface area (Å²) in [4.78, 5) is 32.5. The van der Waals surface area contributed by atoms with Gasteiger partial charge in [-0.3, -0.25) is 9.78 Å². The van der Waals surface area contributed by atoms with Gasteiger partial charge in [0.25, 0.3) is 5.91 Å². The average Bonchev–Trinajstić information content (AvgIpc) is 3.49. The number of carbonyl (C=O) groups excluding carboxylic acids is 1. The fraction of sp³-hybridized carbons (Fsp3) is 0.320. The molecule has 1 aliphatic heterocycles. The molecular formula is C25H23F3N6O2S2. The number of hydrogen-bond acceptors (Lipinski definition) is 9. The van der Waals surface area contributed by atoms with Crippen LogP contribution in [-0.2, 0) is 11.8 Å². The van der Waals surface area contributed by atoms with Crippen molar-refractivity contribution >= 4 is 39.5 Å². The number of halogens is 3. The predicted molar refractivity (Wildman–Crippen MR) is 138 cm³/mol. The summed E-state index contributed by atoms with van der Waals surface area (Å²) >= 11 is 3.04. The molecule has 0 aromatic carbocycles. The summed E-state index contributed by atoms with van der Waals surface area (Å²) in [6.07, 6.45) is -1.63. The summed E-state index contributed by atoms with van der Waals surface area (Å²) in [6.45, 7) is 4.40. The molecule has 0 aliphatic carbocycles. The first kappa shape index (κ1) is 26.2. The quantitative estimate of drug-likeness (QED) is 0.329. The first-order valence-electron chi connectivity index (χ1n) is 11.7. The molecule has 2 N–H and O–H groups in total. The highest BCUT2D eigenvalue weighted by Gasteiger charge is 2.37. The van der Waals surface area contributed by atoms with E-state index in [2.05, 4.69) is 25.3 Å². The minimum Gasteiger partial charge on any atom is -0.385 e. The number of thiazole rings is 2. The zero-order valence-corrected chi connectivity index (χ0v) is 22.0. The minimum absolute atomic E-state index is 0.185. The second-order valence-corrected chi connectivity index (χ2v) is 11.1. The number of amides is 1. The van der Waals surface area contributed by atoms with E-state index in [9.17, 15) is 23.1 Å². The summed E-state index contributed by atoms with van der Waals surface area (Å²) < 4.78 is 38.4. The molecule has 4 aromatic rings. The molecule has 198 valence electrons. The molecule has 0 radical (unpaired) electrons. The molecule has 0 unspecified atom stereocenters. The monoisotopic (exact) mass is 560 g/mol. The average molecular weight is 561 g/mol. The van der Waals surface area contributed by atoms with E-state index in [-0.39, 0.29) is 31.8 Å². The molecule has 1 aliphatic rings. The van der Waals surface area contributed by atoms with Gasteiger partial charge in [0, 0.05) is 36.4 Å². The smallest absolute Gasteiger partial charge is 0.385 e. The normalized spacial score (nSPS) is 15.5. The number of aryl methyl sites for hydroxylation is 2. The maximum Gasteiger partial charge on any atom is 0.433 e. The standard InChI is InChI=1S/C25H23F3N6O2S2/c1-14-21(38-15(2)31-14)18-13-37-23(32-18)33-20-6-3-16(11-30-20)22(35)34-9-7-24(36,8-10-34)17-4-5-19(29-12-17)25(26,27)28/h3-6,11-13,36H,7-10H2,1-2H3,(H,30,32,33). The van der Waals surface area contributed by atoms with Crippen LogP contribution in [0.15, 0.2) is 42.0 Å². The molecule has 0 bridgehead atoms. The molecule has 0 saturated carbocycles. The summed E-state index contributed by atoms with van der Waals surface area (Å²) in [5, 5.41) is 17.8. The lowest BCUT2D eigenvalue weighted by atomic mass is 9.85. The summed E-state index contributed by atoms with van der Waals surface area (Å²) in [7, 11) is 0. The van der Waals surface area contributed by atoms with Gasteiger partial charge in [-0.1, -0.05) is 6.07 Å². The minimum atomic E-state index is -4.54. The number of rotatable bonds is 5. The molecule has 8 nitrogen and oxygen atoms in total. The zero-order valence-electron chi connectivity index (χ0n) is 20.4. The third-order valence-corrected chi connectivity index (χ3v) is 8.21. The maximum absolute atomic E-state index is 13.0. The summed E-state index contributed by atoms with van der Waals surface area (Å²) in [5.74, 6) is 0.312. The van der Waals surface area contributed by atoms with E-state index in [1.165, 1.54) is 23.6 Å². The first-order valence-corrected chi connectivity index (χ1v) is 13.4. The van der Waals surface area contributed by atoms with Crippen LogP contribution < -0.4 is 5.32 Å². The Labute approximate surface area is 224 Å². The van der Waals surface area contributed by atoms with Gasteiger partial charge in [0.15, 0.2) is 5.13 Å². The van der Waals surface area contributed by atoms with E-state index < -0.39 is 17.5 Å². The molecular weight excluding hydrogens is 537 g/mol. The molecule has 5 rings (SSSR count). The number of carbonyl (C=O) groups is 1. The zero-order chi connectivity index (χ0) is 27.1. The lowest BCUT2D eigenvalue weighted by Crippen LogP contribution is -2.45. The molecule has 0 atom stereocenters. The van der Waals surface area contributed by atoms with Crippen LogP contribution in [0.2, 0.25) is 0 Å². The van der Waals surface area contributed by atoms with Crippen molar-refractivity contribution in [2.75, 3.05) is 18.4 Å². The summed E-state index contributed by atoms with van der Waals surface area (Å²) in [5.41, 5.74) is 0.141. The van der Waals surface area contributed by atoms with Crippen LogP contribution in [0.3, 0.4) is 0 Å². The number of pyridine rings is 2. The van der Waals surface area contributed by atoms with Gasteiger partial charge in [-0.05, 0) is 44.9 Å². The van der Waals surface area contributed by atoms with Crippen molar-refractivity contribution in [3.8, 4) is 10.6 Å². The number of piperidine rings is 1. The van der Waals surface area contributed by atoms with Crippen LogP contribution in [0.25, 0.3) is 10.6 Å². The molecule has 1 saturated heterocycles. The Kier molecular flexibility index (Phi) is 6.92. The number of likely N-dealkylation sites (tertiary alicyclic amines) is 1. The molecule has 5 heterocycles. The van der Waals surface area contributed by atoms with E-state index in [0.29, 0.717) is 22.1 Å². The van der Waals surface area contributed by atoms with Crippen LogP contribution >= 0.6 is 22.7 Å².